The van der Waals surface area contributed by atoms with Crippen LogP contribution in [0.4, 0.5) is 11.5 Å². The fourth-order valence-electron chi connectivity index (χ4n) is 3.76. The molecule has 152 valence electrons. The van der Waals surface area contributed by atoms with Crippen molar-refractivity contribution in [3.63, 3.8) is 0 Å². The van der Waals surface area contributed by atoms with E-state index in [0.29, 0.717) is 18.5 Å². The lowest BCUT2D eigenvalue weighted by Gasteiger charge is -2.33. The second kappa shape index (κ2) is 8.61. The van der Waals surface area contributed by atoms with E-state index in [1.807, 2.05) is 30.5 Å². The zero-order valence-electron chi connectivity index (χ0n) is 16.8. The van der Waals surface area contributed by atoms with Crippen molar-refractivity contribution in [3.05, 3.63) is 53.7 Å². The van der Waals surface area contributed by atoms with Gasteiger partial charge in [-0.25, -0.2) is 4.98 Å². The quantitative estimate of drug-likeness (QED) is 0.840. The highest BCUT2D eigenvalue weighted by Crippen LogP contribution is 2.22. The highest BCUT2D eigenvalue weighted by Gasteiger charge is 2.22. The van der Waals surface area contributed by atoms with Crippen molar-refractivity contribution < 1.29 is 9.59 Å². The largest absolute Gasteiger partial charge is 0.354 e. The third kappa shape index (κ3) is 4.56. The number of carbonyl (C=O) groups excluding carboxylic acids is 2. The minimum absolute atomic E-state index is 0.120. The molecule has 2 aliphatic heterocycles. The molecule has 1 N–H and O–H groups in total. The molecule has 1 aromatic carbocycles. The molecule has 2 amide bonds. The minimum Gasteiger partial charge on any atom is -0.354 e. The Morgan fingerprint density at radius 3 is 2.62 bits per heavy atom. The third-order valence-corrected chi connectivity index (χ3v) is 5.58. The molecule has 2 aromatic rings. The summed E-state index contributed by atoms with van der Waals surface area (Å²) in [4.78, 5) is 35.4. The third-order valence-electron chi connectivity index (χ3n) is 5.58. The Bertz CT molecular complexity index is 875. The molecule has 7 nitrogen and oxygen atoms in total. The summed E-state index contributed by atoms with van der Waals surface area (Å²) in [6.07, 6.45) is 3.27. The van der Waals surface area contributed by atoms with Gasteiger partial charge < -0.3 is 20.0 Å². The molecule has 0 saturated carbocycles. The van der Waals surface area contributed by atoms with Gasteiger partial charge in [-0.3, -0.25) is 9.59 Å². The zero-order valence-corrected chi connectivity index (χ0v) is 16.8. The zero-order chi connectivity index (χ0) is 20.2. The molecular weight excluding hydrogens is 366 g/mol. The molecule has 1 aromatic heterocycles. The van der Waals surface area contributed by atoms with Crippen LogP contribution >= 0.6 is 0 Å². The van der Waals surface area contributed by atoms with Gasteiger partial charge in [-0.05, 0) is 43.3 Å². The average Bonchev–Trinajstić information content (AvgIpc) is 3.19. The van der Waals surface area contributed by atoms with E-state index in [9.17, 15) is 9.59 Å². The average molecular weight is 393 g/mol. The number of rotatable bonds is 5. The summed E-state index contributed by atoms with van der Waals surface area (Å²) in [5, 5.41) is 2.95. The van der Waals surface area contributed by atoms with E-state index in [-0.39, 0.29) is 11.8 Å². The Balaban J connectivity index is 1.34. The van der Waals surface area contributed by atoms with Gasteiger partial charge in [-0.1, -0.05) is 12.1 Å². The van der Waals surface area contributed by atoms with Gasteiger partial charge in [0.25, 0.3) is 5.91 Å². The van der Waals surface area contributed by atoms with Crippen LogP contribution < -0.4 is 15.1 Å². The van der Waals surface area contributed by atoms with Crippen LogP contribution in [-0.4, -0.2) is 61.5 Å². The molecule has 3 heterocycles. The van der Waals surface area contributed by atoms with E-state index in [2.05, 4.69) is 27.1 Å². The number of aromatic nitrogens is 1. The van der Waals surface area contributed by atoms with E-state index < -0.39 is 0 Å². The van der Waals surface area contributed by atoms with Gasteiger partial charge in [0.1, 0.15) is 5.82 Å². The molecule has 4 rings (SSSR count). The van der Waals surface area contributed by atoms with Crippen molar-refractivity contribution in [2.75, 3.05) is 49.6 Å². The van der Waals surface area contributed by atoms with Crippen LogP contribution in [0.25, 0.3) is 0 Å². The maximum Gasteiger partial charge on any atom is 0.251 e. The molecule has 0 bridgehead atoms. The molecule has 0 aliphatic carbocycles. The number of hydrogen-bond acceptors (Lipinski definition) is 5. The Morgan fingerprint density at radius 2 is 1.93 bits per heavy atom. The number of hydrogen-bond donors (Lipinski definition) is 1. The maximum absolute atomic E-state index is 12.6. The monoisotopic (exact) mass is 393 g/mol. The Kier molecular flexibility index (Phi) is 5.76. The molecule has 0 radical (unpaired) electrons. The molecule has 2 saturated heterocycles. The van der Waals surface area contributed by atoms with Crippen molar-refractivity contribution >= 4 is 23.3 Å². The van der Waals surface area contributed by atoms with Crippen LogP contribution in [-0.2, 0) is 11.3 Å². The van der Waals surface area contributed by atoms with Crippen LogP contribution in [0.2, 0.25) is 0 Å². The fourth-order valence-corrected chi connectivity index (χ4v) is 3.76. The summed E-state index contributed by atoms with van der Waals surface area (Å²) < 4.78 is 0. The van der Waals surface area contributed by atoms with Crippen molar-refractivity contribution in [2.24, 2.45) is 0 Å². The lowest BCUT2D eigenvalue weighted by molar-refractivity contribution is -0.117. The van der Waals surface area contributed by atoms with Gasteiger partial charge in [-0.2, -0.15) is 0 Å². The summed E-state index contributed by atoms with van der Waals surface area (Å²) in [7, 11) is 2.13. The van der Waals surface area contributed by atoms with Gasteiger partial charge >= 0.3 is 0 Å². The standard InChI is InChI=1S/C22H27N5O2/c1-25-10-12-26(13-11-25)20-8-7-17(15-23-20)16-24-22(29)18-4-2-5-19(14-18)27-9-3-6-21(27)28/h2,4-5,7-8,14-15H,3,6,9-13,16H2,1H3,(H,24,29). The second-order valence-corrected chi connectivity index (χ2v) is 7.70. The van der Waals surface area contributed by atoms with E-state index in [1.54, 1.807) is 17.0 Å². The van der Waals surface area contributed by atoms with E-state index >= 15 is 0 Å². The number of nitrogens with one attached hydrogen (secondary N) is 1. The number of carbonyl (C=O) groups is 2. The van der Waals surface area contributed by atoms with Crippen LogP contribution in [0.15, 0.2) is 42.6 Å². The molecule has 29 heavy (non-hydrogen) atoms. The van der Waals surface area contributed by atoms with Crippen LogP contribution in [0, 0.1) is 0 Å². The Hall–Kier alpha value is -2.93. The minimum atomic E-state index is -0.151. The van der Waals surface area contributed by atoms with Crippen molar-refractivity contribution in [2.45, 2.75) is 19.4 Å². The molecule has 2 fully saturated rings. The SMILES string of the molecule is CN1CCN(c2ccc(CNC(=O)c3cccc(N4CCCC4=O)c3)cn2)CC1. The predicted octanol–water partition coefficient (Wildman–Crippen LogP) is 1.89. The Morgan fingerprint density at radius 1 is 1.10 bits per heavy atom. The van der Waals surface area contributed by atoms with E-state index in [0.717, 1.165) is 56.2 Å². The lowest BCUT2D eigenvalue weighted by Crippen LogP contribution is -2.44. The van der Waals surface area contributed by atoms with Crippen molar-refractivity contribution in [1.29, 1.82) is 0 Å². The summed E-state index contributed by atoms with van der Waals surface area (Å²) in [5.74, 6) is 0.951. The normalized spacial score (nSPS) is 17.6. The number of pyridine rings is 1. The van der Waals surface area contributed by atoms with Gasteiger partial charge in [0.2, 0.25) is 5.91 Å². The molecule has 0 atom stereocenters. The molecule has 0 spiro atoms. The summed E-state index contributed by atoms with van der Waals surface area (Å²) in [6, 6.07) is 11.3. The van der Waals surface area contributed by atoms with Gasteiger partial charge in [0.15, 0.2) is 0 Å². The highest BCUT2D eigenvalue weighted by molar-refractivity contribution is 5.99. The number of amides is 2. The summed E-state index contributed by atoms with van der Waals surface area (Å²) >= 11 is 0. The second-order valence-electron chi connectivity index (χ2n) is 7.70. The van der Waals surface area contributed by atoms with Crippen LogP contribution in [0.3, 0.4) is 0 Å². The Labute approximate surface area is 171 Å². The van der Waals surface area contributed by atoms with E-state index in [4.69, 9.17) is 0 Å². The van der Waals surface area contributed by atoms with Crippen molar-refractivity contribution in [3.8, 4) is 0 Å². The topological polar surface area (TPSA) is 68.8 Å². The first-order chi connectivity index (χ1) is 14.1. The molecule has 2 aliphatic rings. The number of likely N-dealkylation sites (N-methyl/N-ethyl adjacent to an activating group) is 1. The summed E-state index contributed by atoms with van der Waals surface area (Å²) in [6.45, 7) is 5.19. The number of anilines is 2. The van der Waals surface area contributed by atoms with Crippen LogP contribution in [0.1, 0.15) is 28.8 Å². The lowest BCUT2D eigenvalue weighted by atomic mass is 10.1. The first-order valence-corrected chi connectivity index (χ1v) is 10.2. The van der Waals surface area contributed by atoms with Gasteiger partial charge in [0, 0.05) is 63.1 Å². The van der Waals surface area contributed by atoms with Crippen molar-refractivity contribution in [1.82, 2.24) is 15.2 Å². The number of piperazine rings is 1. The van der Waals surface area contributed by atoms with E-state index in [1.165, 1.54) is 0 Å². The number of nitrogens with zero attached hydrogens (tertiary/aromatic N) is 4. The fraction of sp³-hybridized carbons (Fsp3) is 0.409. The predicted molar refractivity (Wildman–Crippen MR) is 113 cm³/mol. The van der Waals surface area contributed by atoms with Gasteiger partial charge in [0.05, 0.1) is 0 Å². The maximum atomic E-state index is 12.6. The molecule has 0 unspecified atom stereocenters. The van der Waals surface area contributed by atoms with Crippen LogP contribution in [0.5, 0.6) is 0 Å². The highest BCUT2D eigenvalue weighted by atomic mass is 16.2. The summed E-state index contributed by atoms with van der Waals surface area (Å²) in [5.41, 5.74) is 2.31. The smallest absolute Gasteiger partial charge is 0.251 e. The molecular formula is C22H27N5O2. The van der Waals surface area contributed by atoms with Gasteiger partial charge in [-0.15, -0.1) is 0 Å². The first kappa shape index (κ1) is 19.4. The first-order valence-electron chi connectivity index (χ1n) is 10.2. The molecule has 7 heteroatoms. The number of benzene rings is 1.